The second kappa shape index (κ2) is 10.1. The fraction of sp³-hybridized carbons (Fsp3) is 0.481. The van der Waals surface area contributed by atoms with E-state index < -0.39 is 0 Å². The Morgan fingerprint density at radius 2 is 1.91 bits per heavy atom. The number of piperidine rings is 1. The molecule has 1 aliphatic rings. The van der Waals surface area contributed by atoms with E-state index in [4.69, 9.17) is 4.74 Å². The van der Waals surface area contributed by atoms with Crippen molar-refractivity contribution in [2.45, 2.75) is 53.1 Å². The molecule has 1 saturated heterocycles. The molecule has 4 rings (SSSR count). The van der Waals surface area contributed by atoms with Crippen LogP contribution in [-0.4, -0.2) is 58.5 Å². The molecule has 2 aromatic heterocycles. The highest BCUT2D eigenvalue weighted by Gasteiger charge is 2.33. The van der Waals surface area contributed by atoms with Crippen LogP contribution in [0.15, 0.2) is 35.1 Å². The van der Waals surface area contributed by atoms with E-state index in [1.165, 1.54) is 0 Å². The lowest BCUT2D eigenvalue weighted by Gasteiger charge is -2.39. The number of rotatable bonds is 7. The van der Waals surface area contributed by atoms with Crippen LogP contribution in [0.3, 0.4) is 0 Å². The van der Waals surface area contributed by atoms with E-state index in [-0.39, 0.29) is 24.1 Å². The summed E-state index contributed by atoms with van der Waals surface area (Å²) in [5.41, 5.74) is 3.47. The fourth-order valence-corrected chi connectivity index (χ4v) is 5.29. The van der Waals surface area contributed by atoms with Gasteiger partial charge in [-0.25, -0.2) is 0 Å². The number of carbonyl (C=O) groups is 1. The monoisotopic (exact) mass is 464 g/mol. The fourth-order valence-electron chi connectivity index (χ4n) is 5.29. The number of benzene rings is 1. The zero-order valence-electron chi connectivity index (χ0n) is 20.9. The Hall–Kier alpha value is -3.06. The van der Waals surface area contributed by atoms with Crippen molar-refractivity contribution in [3.8, 4) is 5.75 Å². The maximum Gasteiger partial charge on any atom is 0.256 e. The zero-order valence-corrected chi connectivity index (χ0v) is 20.9. The predicted molar refractivity (Wildman–Crippen MR) is 136 cm³/mol. The summed E-state index contributed by atoms with van der Waals surface area (Å²) in [6.45, 7) is 11.4. The summed E-state index contributed by atoms with van der Waals surface area (Å²) in [6.07, 6.45) is 2.07. The first kappa shape index (κ1) is 24.1. The van der Waals surface area contributed by atoms with Crippen LogP contribution in [0.1, 0.15) is 54.0 Å². The highest BCUT2D eigenvalue weighted by Crippen LogP contribution is 2.30. The quantitative estimate of drug-likeness (QED) is 0.548. The molecule has 0 radical (unpaired) electrons. The third-order valence-electron chi connectivity index (χ3n) is 7.40. The number of hydrogen-bond donors (Lipinski definition) is 2. The summed E-state index contributed by atoms with van der Waals surface area (Å²) in [5.74, 6) is 0.831. The number of aromatic amines is 2. The molecular formula is C27H36N4O3. The number of pyridine rings is 1. The second-order valence-electron chi connectivity index (χ2n) is 9.44. The van der Waals surface area contributed by atoms with Gasteiger partial charge in [0.15, 0.2) is 0 Å². The van der Waals surface area contributed by atoms with E-state index in [1.807, 2.05) is 49.1 Å². The lowest BCUT2D eigenvalue weighted by molar-refractivity contribution is 0.0528. The number of methoxy groups -OCH3 is 1. The molecule has 7 heteroatoms. The van der Waals surface area contributed by atoms with Gasteiger partial charge < -0.3 is 24.5 Å². The number of aromatic nitrogens is 2. The van der Waals surface area contributed by atoms with Crippen LogP contribution in [0.25, 0.3) is 10.9 Å². The molecule has 2 N–H and O–H groups in total. The summed E-state index contributed by atoms with van der Waals surface area (Å²) < 4.78 is 5.56. The summed E-state index contributed by atoms with van der Waals surface area (Å²) in [6, 6.07) is 9.68. The lowest BCUT2D eigenvalue weighted by Crippen LogP contribution is -2.47. The number of carbonyl (C=O) groups excluding carboxylic acids is 1. The van der Waals surface area contributed by atoms with Gasteiger partial charge in [-0.3, -0.25) is 9.59 Å². The molecule has 3 aromatic rings. The molecule has 0 bridgehead atoms. The average Bonchev–Trinajstić information content (AvgIpc) is 3.18. The van der Waals surface area contributed by atoms with Crippen LogP contribution in [0, 0.1) is 19.8 Å². The highest BCUT2D eigenvalue weighted by molar-refractivity contribution is 6.08. The van der Waals surface area contributed by atoms with Crippen molar-refractivity contribution in [1.29, 1.82) is 0 Å². The van der Waals surface area contributed by atoms with Crippen molar-refractivity contribution in [3.05, 3.63) is 63.2 Å². The first-order valence-corrected chi connectivity index (χ1v) is 12.2. The minimum absolute atomic E-state index is 0.0232. The van der Waals surface area contributed by atoms with E-state index in [2.05, 4.69) is 28.7 Å². The Kier molecular flexibility index (Phi) is 7.12. The molecule has 34 heavy (non-hydrogen) atoms. The van der Waals surface area contributed by atoms with Crippen LogP contribution in [0.5, 0.6) is 5.75 Å². The first-order chi connectivity index (χ1) is 16.3. The number of likely N-dealkylation sites (tertiary alicyclic amines) is 1. The van der Waals surface area contributed by atoms with Crippen LogP contribution in [0.2, 0.25) is 0 Å². The molecule has 1 fully saturated rings. The van der Waals surface area contributed by atoms with Gasteiger partial charge in [0.05, 0.1) is 24.8 Å². The molecule has 1 aromatic carbocycles. The van der Waals surface area contributed by atoms with E-state index >= 15 is 0 Å². The molecule has 0 aliphatic carbocycles. The number of H-pyrrole nitrogens is 2. The number of fused-ring (bicyclic) bond motifs is 1. The smallest absolute Gasteiger partial charge is 0.256 e. The van der Waals surface area contributed by atoms with Crippen molar-refractivity contribution in [2.75, 3.05) is 26.7 Å². The van der Waals surface area contributed by atoms with Gasteiger partial charge in [0.25, 0.3) is 11.5 Å². The Balaban J connectivity index is 1.75. The van der Waals surface area contributed by atoms with Gasteiger partial charge in [0.2, 0.25) is 0 Å². The largest absolute Gasteiger partial charge is 0.496 e. The van der Waals surface area contributed by atoms with Gasteiger partial charge in [0.1, 0.15) is 5.75 Å². The van der Waals surface area contributed by atoms with Crippen molar-refractivity contribution in [3.63, 3.8) is 0 Å². The molecule has 7 nitrogen and oxygen atoms in total. The Bertz CT molecular complexity index is 1220. The Labute approximate surface area is 201 Å². The average molecular weight is 465 g/mol. The van der Waals surface area contributed by atoms with Crippen molar-refractivity contribution in [1.82, 2.24) is 19.8 Å². The normalized spacial score (nSPS) is 16.0. The van der Waals surface area contributed by atoms with Crippen LogP contribution >= 0.6 is 0 Å². The number of hydrogen-bond acceptors (Lipinski definition) is 4. The van der Waals surface area contributed by atoms with Crippen LogP contribution in [-0.2, 0) is 6.54 Å². The zero-order chi connectivity index (χ0) is 24.4. The van der Waals surface area contributed by atoms with Crippen LogP contribution < -0.4 is 10.3 Å². The van der Waals surface area contributed by atoms with Gasteiger partial charge in [-0.2, -0.15) is 0 Å². The van der Waals surface area contributed by atoms with Crippen molar-refractivity contribution in [2.24, 2.45) is 5.92 Å². The molecule has 3 heterocycles. The maximum absolute atomic E-state index is 14.2. The van der Waals surface area contributed by atoms with Gasteiger partial charge in [0, 0.05) is 28.3 Å². The summed E-state index contributed by atoms with van der Waals surface area (Å²) >= 11 is 0. The molecule has 0 unspecified atom stereocenters. The third-order valence-corrected chi connectivity index (χ3v) is 7.40. The van der Waals surface area contributed by atoms with Gasteiger partial charge >= 0.3 is 0 Å². The van der Waals surface area contributed by atoms with Crippen molar-refractivity contribution < 1.29 is 9.53 Å². The van der Waals surface area contributed by atoms with Gasteiger partial charge in [-0.15, -0.1) is 0 Å². The van der Waals surface area contributed by atoms with E-state index in [1.54, 1.807) is 7.11 Å². The summed E-state index contributed by atoms with van der Waals surface area (Å²) in [5, 5.41) is 0.910. The van der Waals surface area contributed by atoms with Gasteiger partial charge in [-0.1, -0.05) is 25.1 Å². The SMILES string of the molecule is CCN1CCC([C@@H](C)N(Cc2c(OC)cc(C)[nH]c2=O)C(=O)c2c(C)[nH]c3ccccc23)CC1. The lowest BCUT2D eigenvalue weighted by atomic mass is 9.88. The molecular weight excluding hydrogens is 428 g/mol. The maximum atomic E-state index is 14.2. The third kappa shape index (κ3) is 4.62. The molecule has 0 saturated carbocycles. The molecule has 0 spiro atoms. The minimum atomic E-state index is -0.210. The van der Waals surface area contributed by atoms with Crippen molar-refractivity contribution >= 4 is 16.8 Å². The molecule has 1 atom stereocenters. The molecule has 182 valence electrons. The minimum Gasteiger partial charge on any atom is -0.496 e. The van der Waals surface area contributed by atoms with E-state index in [9.17, 15) is 9.59 Å². The number of ether oxygens (including phenoxy) is 1. The number of amides is 1. The highest BCUT2D eigenvalue weighted by atomic mass is 16.5. The van der Waals surface area contributed by atoms with E-state index in [0.29, 0.717) is 22.8 Å². The summed E-state index contributed by atoms with van der Waals surface area (Å²) in [4.78, 5) is 37.7. The topological polar surface area (TPSA) is 81.4 Å². The first-order valence-electron chi connectivity index (χ1n) is 12.2. The number of nitrogens with zero attached hydrogens (tertiary/aromatic N) is 2. The van der Waals surface area contributed by atoms with E-state index in [0.717, 1.165) is 54.8 Å². The summed E-state index contributed by atoms with van der Waals surface area (Å²) in [7, 11) is 1.57. The predicted octanol–water partition coefficient (Wildman–Crippen LogP) is 4.24. The van der Waals surface area contributed by atoms with Gasteiger partial charge in [-0.05, 0) is 71.3 Å². The van der Waals surface area contributed by atoms with Crippen LogP contribution in [0.4, 0.5) is 0 Å². The number of nitrogens with one attached hydrogen (secondary N) is 2. The molecule has 1 aliphatic heterocycles. The number of aryl methyl sites for hydroxylation is 2. The second-order valence-corrected chi connectivity index (χ2v) is 9.44. The Morgan fingerprint density at radius 3 is 2.59 bits per heavy atom. The standard InChI is InChI=1S/C27H36N4O3/c1-6-30-13-11-20(12-14-30)19(4)31(16-22-24(34-5)15-17(2)28-26(22)32)27(33)25-18(3)29-23-10-8-7-9-21(23)25/h7-10,15,19-20,29H,6,11-14,16H2,1-5H3,(H,28,32)/t19-/m1/s1. The molecule has 1 amide bonds. The number of para-hydroxylation sites is 1. The Morgan fingerprint density at radius 1 is 1.21 bits per heavy atom.